The fourth-order valence-corrected chi connectivity index (χ4v) is 2.68. The molecule has 4 heteroatoms. The summed E-state index contributed by atoms with van der Waals surface area (Å²) in [4.78, 5) is 10.4. The van der Waals surface area contributed by atoms with E-state index in [1.54, 1.807) is 11.3 Å². The van der Waals surface area contributed by atoms with Crippen LogP contribution in [0, 0.1) is 0 Å². The highest BCUT2D eigenvalue weighted by Crippen LogP contribution is 2.40. The van der Waals surface area contributed by atoms with Gasteiger partial charge < -0.3 is 5.73 Å². The first-order valence-electron chi connectivity index (χ1n) is 5.94. The average Bonchev–Trinajstić information content (AvgIpc) is 3.08. The van der Waals surface area contributed by atoms with Gasteiger partial charge in [0.25, 0.3) is 0 Å². The van der Waals surface area contributed by atoms with Crippen LogP contribution in [0.5, 0.6) is 0 Å². The first-order chi connectivity index (χ1) is 8.36. The maximum atomic E-state index is 5.72. The van der Waals surface area contributed by atoms with Crippen LogP contribution in [-0.2, 0) is 13.0 Å². The van der Waals surface area contributed by atoms with E-state index in [1.165, 1.54) is 23.4 Å². The van der Waals surface area contributed by atoms with Gasteiger partial charge in [-0.15, -0.1) is 11.3 Å². The van der Waals surface area contributed by atoms with E-state index in [1.807, 2.05) is 6.20 Å². The minimum absolute atomic E-state index is 0.547. The van der Waals surface area contributed by atoms with Crippen molar-refractivity contribution in [2.75, 3.05) is 0 Å². The van der Waals surface area contributed by atoms with E-state index in [4.69, 9.17) is 10.7 Å². The van der Waals surface area contributed by atoms with E-state index in [0.29, 0.717) is 12.5 Å². The maximum Gasteiger partial charge on any atom is 0.133 e. The van der Waals surface area contributed by atoms with Crippen molar-refractivity contribution in [3.8, 4) is 0 Å². The molecule has 2 aromatic heterocycles. The molecular weight excluding hydrogens is 230 g/mol. The number of nitrogens with two attached hydrogens (primary N) is 1. The molecule has 0 bridgehead atoms. The molecular formula is C13H15N3S. The molecule has 1 aliphatic rings. The number of hydrogen-bond acceptors (Lipinski definition) is 4. The molecule has 3 rings (SSSR count). The summed E-state index contributed by atoms with van der Waals surface area (Å²) in [6, 6.07) is 4.19. The van der Waals surface area contributed by atoms with Gasteiger partial charge in [-0.1, -0.05) is 6.07 Å². The topological polar surface area (TPSA) is 51.8 Å². The van der Waals surface area contributed by atoms with Crippen LogP contribution < -0.4 is 5.73 Å². The molecule has 0 unspecified atom stereocenters. The standard InChI is InChI=1S/C13H15N3S/c14-7-10-8-15-12(6-11-2-1-5-17-11)16-13(10)9-3-4-9/h1-2,5,8-9H,3-4,6-7,14H2. The van der Waals surface area contributed by atoms with Crippen molar-refractivity contribution in [3.05, 3.63) is 45.7 Å². The summed E-state index contributed by atoms with van der Waals surface area (Å²) in [6.07, 6.45) is 5.25. The highest BCUT2D eigenvalue weighted by Gasteiger charge is 2.27. The van der Waals surface area contributed by atoms with Gasteiger partial charge in [-0.2, -0.15) is 0 Å². The number of aromatic nitrogens is 2. The van der Waals surface area contributed by atoms with Gasteiger partial charge in [0.15, 0.2) is 0 Å². The Kier molecular flexibility index (Phi) is 2.91. The Hall–Kier alpha value is -1.26. The second-order valence-corrected chi connectivity index (χ2v) is 5.46. The maximum absolute atomic E-state index is 5.72. The first-order valence-corrected chi connectivity index (χ1v) is 6.82. The fourth-order valence-electron chi connectivity index (χ4n) is 1.98. The minimum Gasteiger partial charge on any atom is -0.326 e. The molecule has 88 valence electrons. The molecule has 2 N–H and O–H groups in total. The van der Waals surface area contributed by atoms with Crippen molar-refractivity contribution >= 4 is 11.3 Å². The third kappa shape index (κ3) is 2.37. The lowest BCUT2D eigenvalue weighted by Gasteiger charge is -2.07. The van der Waals surface area contributed by atoms with Crippen LogP contribution >= 0.6 is 11.3 Å². The average molecular weight is 245 g/mol. The van der Waals surface area contributed by atoms with Crippen molar-refractivity contribution in [2.45, 2.75) is 31.7 Å². The second-order valence-electron chi connectivity index (χ2n) is 4.43. The van der Waals surface area contributed by atoms with Crippen LogP contribution in [0.1, 0.15) is 40.7 Å². The van der Waals surface area contributed by atoms with E-state index in [2.05, 4.69) is 22.5 Å². The molecule has 0 saturated heterocycles. The highest BCUT2D eigenvalue weighted by atomic mass is 32.1. The Bertz CT molecular complexity index is 503. The summed E-state index contributed by atoms with van der Waals surface area (Å²) in [5.74, 6) is 1.56. The third-order valence-electron chi connectivity index (χ3n) is 3.04. The van der Waals surface area contributed by atoms with Gasteiger partial charge in [-0.05, 0) is 24.3 Å². The lowest BCUT2D eigenvalue weighted by Crippen LogP contribution is -2.07. The van der Waals surface area contributed by atoms with E-state index in [9.17, 15) is 0 Å². The molecule has 3 nitrogen and oxygen atoms in total. The van der Waals surface area contributed by atoms with Gasteiger partial charge in [0, 0.05) is 35.5 Å². The van der Waals surface area contributed by atoms with E-state index < -0.39 is 0 Å². The highest BCUT2D eigenvalue weighted by molar-refractivity contribution is 7.09. The van der Waals surface area contributed by atoms with Crippen molar-refractivity contribution in [1.29, 1.82) is 0 Å². The van der Waals surface area contributed by atoms with Gasteiger partial charge in [0.2, 0.25) is 0 Å². The third-order valence-corrected chi connectivity index (χ3v) is 3.92. The van der Waals surface area contributed by atoms with Gasteiger partial charge in [0.05, 0.1) is 5.69 Å². The quantitative estimate of drug-likeness (QED) is 0.900. The summed E-state index contributed by atoms with van der Waals surface area (Å²) in [7, 11) is 0. The Morgan fingerprint density at radius 3 is 2.94 bits per heavy atom. The van der Waals surface area contributed by atoms with Gasteiger partial charge >= 0.3 is 0 Å². The van der Waals surface area contributed by atoms with Crippen molar-refractivity contribution in [2.24, 2.45) is 5.73 Å². The molecule has 1 fully saturated rings. The predicted molar refractivity (Wildman–Crippen MR) is 69.0 cm³/mol. The van der Waals surface area contributed by atoms with Crippen LogP contribution in [-0.4, -0.2) is 9.97 Å². The van der Waals surface area contributed by atoms with Gasteiger partial charge in [0.1, 0.15) is 5.82 Å². The Morgan fingerprint density at radius 1 is 1.41 bits per heavy atom. The molecule has 0 aromatic carbocycles. The smallest absolute Gasteiger partial charge is 0.133 e. The van der Waals surface area contributed by atoms with Crippen molar-refractivity contribution < 1.29 is 0 Å². The molecule has 0 radical (unpaired) electrons. The Balaban J connectivity index is 1.88. The molecule has 0 spiro atoms. The summed E-state index contributed by atoms with van der Waals surface area (Å²) >= 11 is 1.75. The van der Waals surface area contributed by atoms with Crippen LogP contribution in [0.2, 0.25) is 0 Å². The van der Waals surface area contributed by atoms with Gasteiger partial charge in [-0.3, -0.25) is 0 Å². The van der Waals surface area contributed by atoms with Crippen molar-refractivity contribution in [3.63, 3.8) is 0 Å². The lowest BCUT2D eigenvalue weighted by molar-refractivity contribution is 0.856. The lowest BCUT2D eigenvalue weighted by atomic mass is 10.1. The monoisotopic (exact) mass is 245 g/mol. The molecule has 1 saturated carbocycles. The van der Waals surface area contributed by atoms with Crippen LogP contribution in [0.3, 0.4) is 0 Å². The zero-order valence-corrected chi connectivity index (χ0v) is 10.4. The van der Waals surface area contributed by atoms with Crippen molar-refractivity contribution in [1.82, 2.24) is 9.97 Å². The number of thiophene rings is 1. The second kappa shape index (κ2) is 4.55. The van der Waals surface area contributed by atoms with Gasteiger partial charge in [-0.25, -0.2) is 9.97 Å². The minimum atomic E-state index is 0.547. The van der Waals surface area contributed by atoms with Crippen LogP contribution in [0.4, 0.5) is 0 Å². The predicted octanol–water partition coefficient (Wildman–Crippen LogP) is 2.47. The number of nitrogens with zero attached hydrogens (tertiary/aromatic N) is 2. The largest absolute Gasteiger partial charge is 0.326 e. The van der Waals surface area contributed by atoms with E-state index >= 15 is 0 Å². The fraction of sp³-hybridized carbons (Fsp3) is 0.385. The summed E-state index contributed by atoms with van der Waals surface area (Å²) in [5.41, 5.74) is 8.03. The number of rotatable bonds is 4. The zero-order chi connectivity index (χ0) is 11.7. The Morgan fingerprint density at radius 2 is 2.29 bits per heavy atom. The SMILES string of the molecule is NCc1cnc(Cc2cccs2)nc1C1CC1. The number of hydrogen-bond donors (Lipinski definition) is 1. The molecule has 0 atom stereocenters. The normalized spacial score (nSPS) is 15.1. The van der Waals surface area contributed by atoms with Crippen LogP contribution in [0.25, 0.3) is 0 Å². The molecule has 0 aliphatic heterocycles. The van der Waals surface area contributed by atoms with E-state index in [-0.39, 0.29) is 0 Å². The summed E-state index contributed by atoms with van der Waals surface area (Å²) in [6.45, 7) is 0.547. The molecule has 0 amide bonds. The zero-order valence-electron chi connectivity index (χ0n) is 9.60. The Labute approximate surface area is 105 Å². The molecule has 1 aliphatic carbocycles. The molecule has 2 aromatic rings. The van der Waals surface area contributed by atoms with E-state index in [0.717, 1.165) is 17.8 Å². The molecule has 17 heavy (non-hydrogen) atoms. The summed E-state index contributed by atoms with van der Waals surface area (Å²) in [5, 5.41) is 2.09. The molecule has 2 heterocycles. The first kappa shape index (κ1) is 10.9. The summed E-state index contributed by atoms with van der Waals surface area (Å²) < 4.78 is 0. The van der Waals surface area contributed by atoms with Crippen LogP contribution in [0.15, 0.2) is 23.7 Å².